The molecule has 0 bridgehead atoms. The number of nitriles is 1. The summed E-state index contributed by atoms with van der Waals surface area (Å²) in [5, 5.41) is 12.0. The Morgan fingerprint density at radius 1 is 1.04 bits per heavy atom. The second-order valence-corrected chi connectivity index (χ2v) is 6.30. The van der Waals surface area contributed by atoms with Crippen molar-refractivity contribution in [3.63, 3.8) is 0 Å². The number of hydrogen-bond acceptors (Lipinski definition) is 3. The molecule has 1 N–H and O–H groups in total. The van der Waals surface area contributed by atoms with E-state index in [0.717, 1.165) is 22.4 Å². The Morgan fingerprint density at radius 3 is 2.63 bits per heavy atom. The van der Waals surface area contributed by atoms with Crippen molar-refractivity contribution in [2.75, 3.05) is 5.32 Å². The van der Waals surface area contributed by atoms with Crippen LogP contribution in [0.15, 0.2) is 66.7 Å². The maximum atomic E-state index is 12.8. The number of nitrogens with zero attached hydrogens (tertiary/aromatic N) is 1. The zero-order chi connectivity index (χ0) is 19.2. The van der Waals surface area contributed by atoms with Gasteiger partial charge in [0, 0.05) is 5.69 Å². The van der Waals surface area contributed by atoms with Crippen molar-refractivity contribution in [2.45, 2.75) is 20.5 Å². The number of para-hydroxylation sites is 1. The Balaban J connectivity index is 1.78. The van der Waals surface area contributed by atoms with Crippen LogP contribution in [0.25, 0.3) is 0 Å². The van der Waals surface area contributed by atoms with E-state index in [-0.39, 0.29) is 12.5 Å². The topological polar surface area (TPSA) is 62.1 Å². The van der Waals surface area contributed by atoms with Crippen LogP contribution in [0.2, 0.25) is 0 Å². The lowest BCUT2D eigenvalue weighted by Gasteiger charge is -2.14. The number of nitrogens with one attached hydrogen (secondary N) is 1. The van der Waals surface area contributed by atoms with E-state index in [4.69, 9.17) is 10.00 Å². The smallest absolute Gasteiger partial charge is 0.259 e. The summed E-state index contributed by atoms with van der Waals surface area (Å²) in [5.41, 5.74) is 4.87. The lowest BCUT2D eigenvalue weighted by atomic mass is 10.1. The van der Waals surface area contributed by atoms with Crippen molar-refractivity contribution in [3.8, 4) is 11.8 Å². The van der Waals surface area contributed by atoms with Crippen molar-refractivity contribution in [2.24, 2.45) is 0 Å². The Morgan fingerprint density at radius 2 is 1.81 bits per heavy atom. The number of benzene rings is 3. The van der Waals surface area contributed by atoms with Gasteiger partial charge in [-0.3, -0.25) is 4.79 Å². The molecular weight excluding hydrogens is 336 g/mol. The van der Waals surface area contributed by atoms with Gasteiger partial charge in [0.05, 0.1) is 17.2 Å². The van der Waals surface area contributed by atoms with Gasteiger partial charge in [0.1, 0.15) is 12.4 Å². The predicted octanol–water partition coefficient (Wildman–Crippen LogP) is 5.01. The van der Waals surface area contributed by atoms with Gasteiger partial charge in [-0.1, -0.05) is 36.4 Å². The second-order valence-electron chi connectivity index (χ2n) is 6.30. The number of anilines is 1. The number of ether oxygens (including phenoxy) is 1. The van der Waals surface area contributed by atoms with Gasteiger partial charge in [-0.05, 0) is 60.9 Å². The van der Waals surface area contributed by atoms with Gasteiger partial charge in [0.15, 0.2) is 0 Å². The summed E-state index contributed by atoms with van der Waals surface area (Å²) in [4.78, 5) is 12.8. The van der Waals surface area contributed by atoms with Crippen LogP contribution in [-0.4, -0.2) is 5.91 Å². The number of carbonyl (C=O) groups is 1. The molecule has 3 aromatic rings. The molecule has 0 aliphatic heterocycles. The van der Waals surface area contributed by atoms with Crippen molar-refractivity contribution in [1.82, 2.24) is 0 Å². The Labute approximate surface area is 159 Å². The molecule has 3 rings (SSSR count). The Kier molecular flexibility index (Phi) is 5.53. The molecule has 0 radical (unpaired) electrons. The standard InChI is InChI=1S/C23H20N2O2/c1-16-7-5-11-21(17(16)2)25-23(26)20-10-3-4-12-22(20)27-15-19-9-6-8-18(13-19)14-24/h3-13H,15H2,1-2H3,(H,25,26). The van der Waals surface area contributed by atoms with E-state index in [1.807, 2.05) is 50.2 Å². The van der Waals surface area contributed by atoms with E-state index in [2.05, 4.69) is 11.4 Å². The van der Waals surface area contributed by atoms with E-state index in [1.165, 1.54) is 0 Å². The lowest BCUT2D eigenvalue weighted by Crippen LogP contribution is -2.14. The Bertz CT molecular complexity index is 1020. The molecule has 0 aliphatic carbocycles. The quantitative estimate of drug-likeness (QED) is 0.699. The molecule has 0 heterocycles. The first-order chi connectivity index (χ1) is 13.1. The van der Waals surface area contributed by atoms with Crippen LogP contribution in [0, 0.1) is 25.2 Å². The average Bonchev–Trinajstić information content (AvgIpc) is 2.70. The van der Waals surface area contributed by atoms with Crippen molar-refractivity contribution >= 4 is 11.6 Å². The molecule has 0 fully saturated rings. The van der Waals surface area contributed by atoms with Crippen LogP contribution in [0.3, 0.4) is 0 Å². The Hall–Kier alpha value is -3.58. The van der Waals surface area contributed by atoms with Gasteiger partial charge in [-0.2, -0.15) is 5.26 Å². The van der Waals surface area contributed by atoms with Crippen LogP contribution < -0.4 is 10.1 Å². The van der Waals surface area contributed by atoms with E-state index < -0.39 is 0 Å². The van der Waals surface area contributed by atoms with Crippen molar-refractivity contribution in [3.05, 3.63) is 94.5 Å². The summed E-state index contributed by atoms with van der Waals surface area (Å²) in [6.45, 7) is 4.27. The maximum Gasteiger partial charge on any atom is 0.259 e. The summed E-state index contributed by atoms with van der Waals surface area (Å²) in [6, 6.07) is 22.3. The molecule has 134 valence electrons. The normalized spacial score (nSPS) is 10.1. The highest BCUT2D eigenvalue weighted by Crippen LogP contribution is 2.23. The second kappa shape index (κ2) is 8.20. The molecule has 4 nitrogen and oxygen atoms in total. The third-order valence-corrected chi connectivity index (χ3v) is 4.43. The molecule has 27 heavy (non-hydrogen) atoms. The fraction of sp³-hybridized carbons (Fsp3) is 0.130. The first-order valence-corrected chi connectivity index (χ1v) is 8.67. The van der Waals surface area contributed by atoms with Gasteiger partial charge in [0.2, 0.25) is 0 Å². The monoisotopic (exact) mass is 356 g/mol. The molecule has 0 aromatic heterocycles. The fourth-order valence-electron chi connectivity index (χ4n) is 2.75. The molecule has 3 aromatic carbocycles. The summed E-state index contributed by atoms with van der Waals surface area (Å²) < 4.78 is 5.87. The number of rotatable bonds is 5. The van der Waals surface area contributed by atoms with Gasteiger partial charge < -0.3 is 10.1 Å². The highest BCUT2D eigenvalue weighted by molar-refractivity contribution is 6.06. The zero-order valence-electron chi connectivity index (χ0n) is 15.3. The fourth-order valence-corrected chi connectivity index (χ4v) is 2.75. The molecule has 4 heteroatoms. The molecule has 1 amide bonds. The van der Waals surface area contributed by atoms with Crippen LogP contribution in [0.4, 0.5) is 5.69 Å². The number of amides is 1. The van der Waals surface area contributed by atoms with Crippen LogP contribution in [0.5, 0.6) is 5.75 Å². The molecule has 0 unspecified atom stereocenters. The van der Waals surface area contributed by atoms with Crippen LogP contribution in [-0.2, 0) is 6.61 Å². The van der Waals surface area contributed by atoms with Gasteiger partial charge in [0.25, 0.3) is 5.91 Å². The molecule has 0 atom stereocenters. The molecule has 0 aliphatic rings. The summed E-state index contributed by atoms with van der Waals surface area (Å²) in [5.74, 6) is 0.285. The largest absolute Gasteiger partial charge is 0.488 e. The molecular formula is C23H20N2O2. The van der Waals surface area contributed by atoms with E-state index in [1.54, 1.807) is 30.3 Å². The third kappa shape index (κ3) is 4.34. The minimum absolute atomic E-state index is 0.218. The highest BCUT2D eigenvalue weighted by Gasteiger charge is 2.14. The van der Waals surface area contributed by atoms with Gasteiger partial charge >= 0.3 is 0 Å². The molecule has 0 saturated heterocycles. The molecule has 0 saturated carbocycles. The van der Waals surface area contributed by atoms with E-state index >= 15 is 0 Å². The van der Waals surface area contributed by atoms with Gasteiger partial charge in [-0.25, -0.2) is 0 Å². The molecule has 0 spiro atoms. The minimum Gasteiger partial charge on any atom is -0.488 e. The van der Waals surface area contributed by atoms with Crippen molar-refractivity contribution in [1.29, 1.82) is 5.26 Å². The summed E-state index contributed by atoms with van der Waals surface area (Å²) in [7, 11) is 0. The average molecular weight is 356 g/mol. The number of carbonyl (C=O) groups excluding carboxylic acids is 1. The van der Waals surface area contributed by atoms with Crippen molar-refractivity contribution < 1.29 is 9.53 Å². The SMILES string of the molecule is Cc1cccc(NC(=O)c2ccccc2OCc2cccc(C#N)c2)c1C. The number of hydrogen-bond donors (Lipinski definition) is 1. The maximum absolute atomic E-state index is 12.8. The lowest BCUT2D eigenvalue weighted by molar-refractivity contribution is 0.102. The number of aryl methyl sites for hydroxylation is 1. The van der Waals surface area contributed by atoms with Gasteiger partial charge in [-0.15, -0.1) is 0 Å². The highest BCUT2D eigenvalue weighted by atomic mass is 16.5. The summed E-state index contributed by atoms with van der Waals surface area (Å²) >= 11 is 0. The third-order valence-electron chi connectivity index (χ3n) is 4.43. The summed E-state index contributed by atoms with van der Waals surface area (Å²) in [6.07, 6.45) is 0. The first-order valence-electron chi connectivity index (χ1n) is 8.67. The van der Waals surface area contributed by atoms with E-state index in [0.29, 0.717) is 16.9 Å². The van der Waals surface area contributed by atoms with Crippen LogP contribution in [0.1, 0.15) is 32.6 Å². The minimum atomic E-state index is -0.218. The van der Waals surface area contributed by atoms with Crippen LogP contribution >= 0.6 is 0 Å². The first kappa shape index (κ1) is 18.2. The zero-order valence-corrected chi connectivity index (χ0v) is 15.3. The predicted molar refractivity (Wildman–Crippen MR) is 106 cm³/mol. The van der Waals surface area contributed by atoms with E-state index in [9.17, 15) is 4.79 Å².